The first-order valence-corrected chi connectivity index (χ1v) is 9.76. The number of ether oxygens (including phenoxy) is 2. The fraction of sp³-hybridized carbons (Fsp3) is 0.619. The number of hydrogen-bond donors (Lipinski definition) is 1. The summed E-state index contributed by atoms with van der Waals surface area (Å²) in [6.07, 6.45) is 3.41. The van der Waals surface area contributed by atoms with Crippen LogP contribution in [-0.2, 0) is 14.3 Å². The molecule has 0 aliphatic carbocycles. The van der Waals surface area contributed by atoms with Crippen molar-refractivity contribution in [3.63, 3.8) is 0 Å². The summed E-state index contributed by atoms with van der Waals surface area (Å²) in [6.45, 7) is 7.43. The van der Waals surface area contributed by atoms with Gasteiger partial charge in [-0.3, -0.25) is 9.79 Å². The van der Waals surface area contributed by atoms with Gasteiger partial charge < -0.3 is 19.7 Å². The highest BCUT2D eigenvalue weighted by molar-refractivity contribution is 14.0. The molecule has 6 nitrogen and oxygen atoms in total. The summed E-state index contributed by atoms with van der Waals surface area (Å²) < 4.78 is 10.7. The fourth-order valence-electron chi connectivity index (χ4n) is 3.42. The monoisotopic (exact) mass is 503 g/mol. The van der Waals surface area contributed by atoms with E-state index in [4.69, 9.17) is 4.74 Å². The maximum absolute atomic E-state index is 11.1. The molecule has 1 heterocycles. The van der Waals surface area contributed by atoms with E-state index in [9.17, 15) is 4.79 Å². The lowest BCUT2D eigenvalue weighted by Crippen LogP contribution is -2.48. The quantitative estimate of drug-likeness (QED) is 0.203. The molecule has 0 bridgehead atoms. The average molecular weight is 503 g/mol. The van der Waals surface area contributed by atoms with Gasteiger partial charge in [-0.15, -0.1) is 24.0 Å². The van der Waals surface area contributed by atoms with Gasteiger partial charge >= 0.3 is 5.97 Å². The van der Waals surface area contributed by atoms with E-state index in [-0.39, 0.29) is 36.0 Å². The Balaban J connectivity index is 0.00000392. The Morgan fingerprint density at radius 2 is 2.11 bits per heavy atom. The van der Waals surface area contributed by atoms with E-state index in [2.05, 4.69) is 52.0 Å². The maximum Gasteiger partial charge on any atom is 0.305 e. The van der Waals surface area contributed by atoms with Crippen LogP contribution in [0.3, 0.4) is 0 Å². The van der Waals surface area contributed by atoms with Crippen LogP contribution < -0.4 is 5.32 Å². The Kier molecular flexibility index (Phi) is 11.4. The SMILES string of the molecule is CN=C(NCCCCCC(=O)OC)N1CCOC(c2ccc(C)cc2C)C1.I. The van der Waals surface area contributed by atoms with Crippen LogP contribution in [0.2, 0.25) is 0 Å². The molecule has 158 valence electrons. The summed E-state index contributed by atoms with van der Waals surface area (Å²) in [5.41, 5.74) is 3.80. The smallest absolute Gasteiger partial charge is 0.305 e. The average Bonchev–Trinajstić information content (AvgIpc) is 2.67. The Hall–Kier alpha value is -1.35. The number of esters is 1. The van der Waals surface area contributed by atoms with Gasteiger partial charge in [-0.25, -0.2) is 0 Å². The van der Waals surface area contributed by atoms with E-state index in [0.29, 0.717) is 13.0 Å². The molecular formula is C21H34IN3O3. The number of hydrogen-bond acceptors (Lipinski definition) is 4. The number of morpholine rings is 1. The fourth-order valence-corrected chi connectivity index (χ4v) is 3.42. The first-order chi connectivity index (χ1) is 13.0. The van der Waals surface area contributed by atoms with Gasteiger partial charge in [0.25, 0.3) is 0 Å². The summed E-state index contributed by atoms with van der Waals surface area (Å²) in [5.74, 6) is 0.783. The van der Waals surface area contributed by atoms with Gasteiger partial charge in [0.1, 0.15) is 6.10 Å². The summed E-state index contributed by atoms with van der Waals surface area (Å²) in [6, 6.07) is 6.53. The Morgan fingerprint density at radius 3 is 2.79 bits per heavy atom. The second-order valence-corrected chi connectivity index (χ2v) is 7.03. The number of aryl methyl sites for hydroxylation is 2. The van der Waals surface area contributed by atoms with Crippen molar-refractivity contribution in [2.75, 3.05) is 40.4 Å². The van der Waals surface area contributed by atoms with Crippen LogP contribution in [0, 0.1) is 13.8 Å². The van der Waals surface area contributed by atoms with Crippen molar-refractivity contribution in [3.05, 3.63) is 34.9 Å². The standard InChI is InChI=1S/C21H33N3O3.HI/c1-16-9-10-18(17(2)14-16)19-15-24(12-13-27-19)21(22-3)23-11-7-5-6-8-20(25)26-4;/h9-10,14,19H,5-8,11-13,15H2,1-4H3,(H,22,23);1H. The van der Waals surface area contributed by atoms with Crippen LogP contribution in [0.25, 0.3) is 0 Å². The zero-order valence-corrected chi connectivity index (χ0v) is 19.8. The molecule has 1 fully saturated rings. The van der Waals surface area contributed by atoms with Crippen LogP contribution >= 0.6 is 24.0 Å². The Morgan fingerprint density at radius 1 is 1.32 bits per heavy atom. The molecule has 7 heteroatoms. The predicted molar refractivity (Wildman–Crippen MR) is 123 cm³/mol. The molecule has 0 saturated carbocycles. The van der Waals surface area contributed by atoms with E-state index < -0.39 is 0 Å². The van der Waals surface area contributed by atoms with Gasteiger partial charge in [-0.2, -0.15) is 0 Å². The summed E-state index contributed by atoms with van der Waals surface area (Å²) in [4.78, 5) is 17.8. The van der Waals surface area contributed by atoms with Gasteiger partial charge in [0.15, 0.2) is 5.96 Å². The van der Waals surface area contributed by atoms with Crippen molar-refractivity contribution in [2.24, 2.45) is 4.99 Å². The minimum Gasteiger partial charge on any atom is -0.469 e. The third-order valence-corrected chi connectivity index (χ3v) is 4.92. The van der Waals surface area contributed by atoms with Gasteiger partial charge in [0.05, 0.1) is 20.3 Å². The number of unbranched alkanes of at least 4 members (excludes halogenated alkanes) is 2. The van der Waals surface area contributed by atoms with Crippen molar-refractivity contribution < 1.29 is 14.3 Å². The predicted octanol–water partition coefficient (Wildman–Crippen LogP) is 3.60. The highest BCUT2D eigenvalue weighted by Gasteiger charge is 2.25. The number of carbonyl (C=O) groups excluding carboxylic acids is 1. The largest absolute Gasteiger partial charge is 0.469 e. The van der Waals surface area contributed by atoms with Crippen molar-refractivity contribution in [1.29, 1.82) is 0 Å². The summed E-state index contributed by atoms with van der Waals surface area (Å²) in [7, 11) is 3.25. The third kappa shape index (κ3) is 7.58. The van der Waals surface area contributed by atoms with Crippen LogP contribution in [0.15, 0.2) is 23.2 Å². The summed E-state index contributed by atoms with van der Waals surface area (Å²) >= 11 is 0. The third-order valence-electron chi connectivity index (χ3n) is 4.92. The topological polar surface area (TPSA) is 63.2 Å². The van der Waals surface area contributed by atoms with Crippen LogP contribution in [0.5, 0.6) is 0 Å². The van der Waals surface area contributed by atoms with Gasteiger partial charge in [0.2, 0.25) is 0 Å². The molecule has 28 heavy (non-hydrogen) atoms. The molecule has 0 aromatic heterocycles. The van der Waals surface area contributed by atoms with Gasteiger partial charge in [0, 0.05) is 26.6 Å². The molecule has 1 aromatic rings. The molecule has 0 radical (unpaired) electrons. The first kappa shape index (κ1) is 24.7. The minimum atomic E-state index is -0.135. The van der Waals surface area contributed by atoms with Gasteiger partial charge in [-0.05, 0) is 37.8 Å². The normalized spacial score (nSPS) is 17.1. The zero-order valence-electron chi connectivity index (χ0n) is 17.5. The lowest BCUT2D eigenvalue weighted by Gasteiger charge is -2.35. The number of carbonyl (C=O) groups is 1. The highest BCUT2D eigenvalue weighted by atomic mass is 127. The Bertz CT molecular complexity index is 652. The minimum absolute atomic E-state index is 0. The number of halogens is 1. The lowest BCUT2D eigenvalue weighted by atomic mass is 10.00. The van der Waals surface area contributed by atoms with E-state index in [1.807, 2.05) is 7.05 Å². The number of methoxy groups -OCH3 is 1. The number of aliphatic imine (C=N–C) groups is 1. The molecule has 1 N–H and O–H groups in total. The van der Waals surface area contributed by atoms with E-state index in [1.165, 1.54) is 23.8 Å². The van der Waals surface area contributed by atoms with Crippen LogP contribution in [0.1, 0.15) is 48.5 Å². The zero-order chi connectivity index (χ0) is 19.6. The molecule has 1 aliphatic heterocycles. The molecule has 1 saturated heterocycles. The van der Waals surface area contributed by atoms with E-state index >= 15 is 0 Å². The first-order valence-electron chi connectivity index (χ1n) is 9.76. The Labute approximate surface area is 186 Å². The molecule has 0 spiro atoms. The van der Waals surface area contributed by atoms with E-state index in [1.54, 1.807) is 0 Å². The number of nitrogens with one attached hydrogen (secondary N) is 1. The number of nitrogens with zero attached hydrogens (tertiary/aromatic N) is 2. The maximum atomic E-state index is 11.1. The lowest BCUT2D eigenvalue weighted by molar-refractivity contribution is -0.140. The van der Waals surface area contributed by atoms with Crippen molar-refractivity contribution >= 4 is 35.9 Å². The number of guanidine groups is 1. The second kappa shape index (κ2) is 13.0. The molecule has 1 atom stereocenters. The molecule has 1 aromatic carbocycles. The second-order valence-electron chi connectivity index (χ2n) is 7.03. The molecular weight excluding hydrogens is 469 g/mol. The molecule has 0 amide bonds. The molecule has 2 rings (SSSR count). The van der Waals surface area contributed by atoms with Crippen LogP contribution in [-0.4, -0.2) is 57.2 Å². The highest BCUT2D eigenvalue weighted by Crippen LogP contribution is 2.25. The van der Waals surface area contributed by atoms with Crippen molar-refractivity contribution in [1.82, 2.24) is 10.2 Å². The van der Waals surface area contributed by atoms with Crippen LogP contribution in [0.4, 0.5) is 0 Å². The number of benzene rings is 1. The van der Waals surface area contributed by atoms with Crippen molar-refractivity contribution in [3.8, 4) is 0 Å². The summed E-state index contributed by atoms with van der Waals surface area (Å²) in [5, 5.41) is 3.44. The molecule has 1 unspecified atom stereocenters. The van der Waals surface area contributed by atoms with Crippen molar-refractivity contribution in [2.45, 2.75) is 45.6 Å². The van der Waals surface area contributed by atoms with E-state index in [0.717, 1.165) is 44.9 Å². The molecule has 1 aliphatic rings. The number of rotatable bonds is 7. The van der Waals surface area contributed by atoms with Gasteiger partial charge in [-0.1, -0.05) is 30.2 Å².